The van der Waals surface area contributed by atoms with E-state index in [0.717, 1.165) is 48.3 Å². The number of aromatic nitrogens is 3. The minimum Gasteiger partial charge on any atom is -0.347 e. The smallest absolute Gasteiger partial charge is 0.222 e. The Balaban J connectivity index is 1.39. The number of Topliss-reactive ketones (excluding diaryl/α,β-unsaturated/α-hetero) is 1. The van der Waals surface area contributed by atoms with Crippen LogP contribution in [0.5, 0.6) is 0 Å². The van der Waals surface area contributed by atoms with Crippen molar-refractivity contribution in [3.05, 3.63) is 78.9 Å². The number of fused-ring (bicyclic) bond motifs is 1. The number of ketones is 1. The second-order valence-electron chi connectivity index (χ2n) is 8.98. The van der Waals surface area contributed by atoms with Gasteiger partial charge in [0, 0.05) is 37.5 Å². The first-order valence-corrected chi connectivity index (χ1v) is 12.6. The Hall–Kier alpha value is -3.67. The average Bonchev–Trinajstić information content (AvgIpc) is 3.55. The van der Waals surface area contributed by atoms with Crippen LogP contribution in [0.1, 0.15) is 63.7 Å². The predicted molar refractivity (Wildman–Crippen MR) is 140 cm³/mol. The Kier molecular flexibility index (Phi) is 8.49. The summed E-state index contributed by atoms with van der Waals surface area (Å²) in [6, 6.07) is 20.1. The first kappa shape index (κ1) is 24.5. The number of nitrogens with one attached hydrogen (secondary N) is 2. The highest BCUT2D eigenvalue weighted by Crippen LogP contribution is 2.23. The monoisotopic (exact) mass is 470 g/mol. The molecule has 2 N–H and O–H groups in total. The summed E-state index contributed by atoms with van der Waals surface area (Å²) in [6.07, 6.45) is 9.04. The summed E-state index contributed by atoms with van der Waals surface area (Å²) in [6.45, 7) is 2.53. The highest BCUT2D eigenvalue weighted by molar-refractivity contribution is 5.81. The first-order valence-electron chi connectivity index (χ1n) is 12.6. The van der Waals surface area contributed by atoms with E-state index >= 15 is 0 Å². The van der Waals surface area contributed by atoms with Gasteiger partial charge in [0.25, 0.3) is 0 Å². The number of amides is 1. The molecule has 35 heavy (non-hydrogen) atoms. The van der Waals surface area contributed by atoms with Crippen LogP contribution in [0.15, 0.2) is 73.1 Å². The molecule has 0 bridgehead atoms. The van der Waals surface area contributed by atoms with Gasteiger partial charge in [-0.05, 0) is 35.9 Å². The fraction of sp³-hybridized carbons (Fsp3) is 0.345. The second kappa shape index (κ2) is 12.2. The lowest BCUT2D eigenvalue weighted by molar-refractivity contribution is -0.122. The summed E-state index contributed by atoms with van der Waals surface area (Å²) in [5.74, 6) is 1.09. The van der Waals surface area contributed by atoms with Gasteiger partial charge in [-0.1, -0.05) is 68.3 Å². The maximum Gasteiger partial charge on any atom is 0.222 e. The third-order valence-electron chi connectivity index (χ3n) is 6.45. The summed E-state index contributed by atoms with van der Waals surface area (Å²) < 4.78 is 2.12. The van der Waals surface area contributed by atoms with Crippen LogP contribution in [0.25, 0.3) is 22.2 Å². The Morgan fingerprint density at radius 1 is 0.971 bits per heavy atom. The van der Waals surface area contributed by atoms with Crippen LogP contribution in [0.2, 0.25) is 0 Å². The molecule has 6 heteroatoms. The van der Waals surface area contributed by atoms with Crippen LogP contribution in [-0.2, 0) is 16.1 Å². The van der Waals surface area contributed by atoms with Gasteiger partial charge < -0.3 is 14.9 Å². The number of imidazole rings is 1. The van der Waals surface area contributed by atoms with Crippen LogP contribution in [0, 0.1) is 0 Å². The Morgan fingerprint density at radius 3 is 2.60 bits per heavy atom. The van der Waals surface area contributed by atoms with Gasteiger partial charge in [0.1, 0.15) is 11.6 Å². The Bertz CT molecular complexity index is 1240. The standard InChI is InChI=1S/C29H34N4O2/c1-2-24(34)14-7-4-8-15-25(29-30-21-26(32-29)22-11-5-3-6-12-22)31-28(35)18-20-33-19-17-23-13-9-10-16-27(23)33/h3,5-6,9-13,16-17,19,21,25H,2,4,7-8,14-15,18,20H2,1H3,(H,30,32)(H,31,35). The molecule has 0 saturated heterocycles. The molecule has 1 unspecified atom stereocenters. The van der Waals surface area contributed by atoms with Crippen molar-refractivity contribution in [1.82, 2.24) is 19.9 Å². The fourth-order valence-corrected chi connectivity index (χ4v) is 4.40. The molecule has 182 valence electrons. The van der Waals surface area contributed by atoms with Crippen molar-refractivity contribution in [3.63, 3.8) is 0 Å². The predicted octanol–water partition coefficient (Wildman–Crippen LogP) is 6.21. The molecule has 0 aliphatic rings. The minimum atomic E-state index is -0.191. The Labute approximate surface area is 206 Å². The van der Waals surface area contributed by atoms with E-state index in [9.17, 15) is 9.59 Å². The number of H-pyrrole nitrogens is 1. The average molecular weight is 471 g/mol. The molecular formula is C29H34N4O2. The van der Waals surface area contributed by atoms with E-state index in [0.29, 0.717) is 31.6 Å². The lowest BCUT2D eigenvalue weighted by atomic mass is 10.0. The molecule has 1 amide bonds. The lowest BCUT2D eigenvalue weighted by Crippen LogP contribution is -2.30. The van der Waals surface area contributed by atoms with Crippen molar-refractivity contribution in [3.8, 4) is 11.3 Å². The van der Waals surface area contributed by atoms with E-state index in [4.69, 9.17) is 0 Å². The summed E-state index contributed by atoms with van der Waals surface area (Å²) in [5, 5.41) is 4.38. The lowest BCUT2D eigenvalue weighted by Gasteiger charge is -2.17. The molecule has 2 aromatic carbocycles. The molecule has 0 fully saturated rings. The number of benzene rings is 2. The van der Waals surface area contributed by atoms with Gasteiger partial charge in [0.2, 0.25) is 5.91 Å². The van der Waals surface area contributed by atoms with Crippen LogP contribution < -0.4 is 5.32 Å². The molecule has 2 heterocycles. The second-order valence-corrected chi connectivity index (χ2v) is 8.98. The molecule has 1 atom stereocenters. The third kappa shape index (κ3) is 6.69. The zero-order valence-electron chi connectivity index (χ0n) is 20.4. The van der Waals surface area contributed by atoms with Gasteiger partial charge in [-0.3, -0.25) is 9.59 Å². The number of nitrogens with zero attached hydrogens (tertiary/aromatic N) is 2. The molecule has 0 spiro atoms. The van der Waals surface area contributed by atoms with Gasteiger partial charge in [0.15, 0.2) is 0 Å². The molecule has 0 saturated carbocycles. The van der Waals surface area contributed by atoms with Gasteiger partial charge in [-0.15, -0.1) is 0 Å². The number of carbonyl (C=O) groups excluding carboxylic acids is 2. The maximum absolute atomic E-state index is 12.9. The maximum atomic E-state index is 12.9. The van der Waals surface area contributed by atoms with Gasteiger partial charge >= 0.3 is 0 Å². The van der Waals surface area contributed by atoms with Crippen LogP contribution in [0.3, 0.4) is 0 Å². The van der Waals surface area contributed by atoms with Crippen LogP contribution in [0.4, 0.5) is 0 Å². The molecule has 0 aliphatic heterocycles. The van der Waals surface area contributed by atoms with Crippen molar-refractivity contribution < 1.29 is 9.59 Å². The van der Waals surface area contributed by atoms with Crippen molar-refractivity contribution in [2.24, 2.45) is 0 Å². The quantitative estimate of drug-likeness (QED) is 0.228. The molecule has 0 aliphatic carbocycles. The summed E-state index contributed by atoms with van der Waals surface area (Å²) in [5.41, 5.74) is 3.14. The first-order chi connectivity index (χ1) is 17.1. The molecule has 2 aromatic heterocycles. The molecule has 0 radical (unpaired) electrons. The zero-order chi connectivity index (χ0) is 24.5. The normalized spacial score (nSPS) is 12.0. The highest BCUT2D eigenvalue weighted by Gasteiger charge is 2.18. The summed E-state index contributed by atoms with van der Waals surface area (Å²) >= 11 is 0. The van der Waals surface area contributed by atoms with Gasteiger partial charge in [0.05, 0.1) is 17.9 Å². The minimum absolute atomic E-state index is 0.00611. The number of rotatable bonds is 13. The topological polar surface area (TPSA) is 79.8 Å². The number of unbranched alkanes of at least 4 members (excludes halogenated alkanes) is 2. The molecule has 4 aromatic rings. The van der Waals surface area contributed by atoms with Gasteiger partial charge in [-0.25, -0.2) is 4.98 Å². The molecule has 4 rings (SSSR count). The fourth-order valence-electron chi connectivity index (χ4n) is 4.40. The summed E-state index contributed by atoms with van der Waals surface area (Å²) in [4.78, 5) is 32.6. The van der Waals surface area contributed by atoms with Crippen LogP contribution >= 0.6 is 0 Å². The summed E-state index contributed by atoms with van der Waals surface area (Å²) in [7, 11) is 0. The van der Waals surface area contributed by atoms with Crippen molar-refractivity contribution in [1.29, 1.82) is 0 Å². The number of carbonyl (C=O) groups is 2. The van der Waals surface area contributed by atoms with E-state index in [1.807, 2.05) is 61.8 Å². The molecular weight excluding hydrogens is 436 g/mol. The van der Waals surface area contributed by atoms with E-state index in [1.165, 1.54) is 5.39 Å². The zero-order valence-corrected chi connectivity index (χ0v) is 20.4. The van der Waals surface area contributed by atoms with Crippen LogP contribution in [-0.4, -0.2) is 26.2 Å². The number of para-hydroxylation sites is 1. The van der Waals surface area contributed by atoms with E-state index in [2.05, 4.69) is 38.1 Å². The molecule has 6 nitrogen and oxygen atoms in total. The van der Waals surface area contributed by atoms with E-state index < -0.39 is 0 Å². The largest absolute Gasteiger partial charge is 0.347 e. The number of hydrogen-bond acceptors (Lipinski definition) is 3. The van der Waals surface area contributed by atoms with E-state index in [1.54, 1.807) is 0 Å². The van der Waals surface area contributed by atoms with Gasteiger partial charge in [-0.2, -0.15) is 0 Å². The number of aryl methyl sites for hydroxylation is 1. The highest BCUT2D eigenvalue weighted by atomic mass is 16.1. The van der Waals surface area contributed by atoms with Crippen molar-refractivity contribution in [2.45, 2.75) is 64.5 Å². The van der Waals surface area contributed by atoms with Crippen molar-refractivity contribution >= 4 is 22.6 Å². The Morgan fingerprint density at radius 2 is 1.77 bits per heavy atom. The SMILES string of the molecule is CCC(=O)CCCCCC(NC(=O)CCn1ccc2ccccc21)c1ncc(-c2ccccc2)[nH]1. The number of hydrogen-bond donors (Lipinski definition) is 2. The van der Waals surface area contributed by atoms with Crippen molar-refractivity contribution in [2.75, 3.05) is 0 Å². The van der Waals surface area contributed by atoms with E-state index in [-0.39, 0.29) is 11.9 Å². The third-order valence-corrected chi connectivity index (χ3v) is 6.45. The number of aromatic amines is 1.